The summed E-state index contributed by atoms with van der Waals surface area (Å²) in [5.41, 5.74) is 0.825. The fourth-order valence-electron chi connectivity index (χ4n) is 1.83. The lowest BCUT2D eigenvalue weighted by molar-refractivity contribution is 0.594. The first-order chi connectivity index (χ1) is 9.13. The Balaban J connectivity index is 1.98. The average molecular weight is 261 g/mol. The minimum Gasteiger partial charge on any atom is -0.351 e. The molecule has 0 amide bonds. The first-order valence-corrected chi connectivity index (χ1v) is 6.19. The molecule has 0 aliphatic heterocycles. The predicted molar refractivity (Wildman–Crippen MR) is 68.8 cm³/mol. The van der Waals surface area contributed by atoms with E-state index in [2.05, 4.69) is 15.3 Å². The highest BCUT2D eigenvalue weighted by Gasteiger charge is 2.22. The van der Waals surface area contributed by atoms with Gasteiger partial charge < -0.3 is 5.32 Å². The van der Waals surface area contributed by atoms with Crippen molar-refractivity contribution in [3.8, 4) is 11.3 Å². The Morgan fingerprint density at radius 3 is 2.74 bits per heavy atom. The van der Waals surface area contributed by atoms with E-state index in [1.807, 2.05) is 0 Å². The van der Waals surface area contributed by atoms with Crippen molar-refractivity contribution in [1.29, 1.82) is 0 Å². The summed E-state index contributed by atoms with van der Waals surface area (Å²) in [6, 6.07) is 4.34. The standard InChI is InChI=1S/C14H13F2N3/c1-8-6-12(16)10(7-11(8)15)13-4-5-17-14(19-13)18-9-2-3-9/h4-7,9H,2-3H2,1H3,(H,17,18,19). The Labute approximate surface area is 109 Å². The number of rotatable bonds is 3. The molecule has 2 aromatic rings. The molecule has 3 nitrogen and oxygen atoms in total. The molecule has 1 aromatic carbocycles. The van der Waals surface area contributed by atoms with Crippen LogP contribution in [-0.2, 0) is 0 Å². The maximum atomic E-state index is 13.9. The Morgan fingerprint density at radius 2 is 2.00 bits per heavy atom. The van der Waals surface area contributed by atoms with Gasteiger partial charge in [-0.25, -0.2) is 18.7 Å². The quantitative estimate of drug-likeness (QED) is 0.921. The van der Waals surface area contributed by atoms with Crippen LogP contribution in [0.5, 0.6) is 0 Å². The summed E-state index contributed by atoms with van der Waals surface area (Å²) in [6.45, 7) is 1.53. The molecule has 19 heavy (non-hydrogen) atoms. The Bertz CT molecular complexity index is 624. The van der Waals surface area contributed by atoms with Crippen LogP contribution in [0.1, 0.15) is 18.4 Å². The highest BCUT2D eigenvalue weighted by molar-refractivity contribution is 5.61. The number of anilines is 1. The highest BCUT2D eigenvalue weighted by atomic mass is 19.1. The maximum Gasteiger partial charge on any atom is 0.223 e. The van der Waals surface area contributed by atoms with Crippen LogP contribution < -0.4 is 5.32 Å². The van der Waals surface area contributed by atoms with E-state index in [1.54, 1.807) is 12.3 Å². The van der Waals surface area contributed by atoms with E-state index < -0.39 is 11.6 Å². The van der Waals surface area contributed by atoms with Crippen molar-refractivity contribution < 1.29 is 8.78 Å². The molecule has 1 aliphatic rings. The third-order valence-electron chi connectivity index (χ3n) is 3.09. The second-order valence-electron chi connectivity index (χ2n) is 4.77. The summed E-state index contributed by atoms with van der Waals surface area (Å²) >= 11 is 0. The number of hydrogen-bond donors (Lipinski definition) is 1. The smallest absolute Gasteiger partial charge is 0.223 e. The van der Waals surface area contributed by atoms with Crippen molar-refractivity contribution >= 4 is 5.95 Å². The molecular formula is C14H13F2N3. The number of aromatic nitrogens is 2. The van der Waals surface area contributed by atoms with Crippen molar-refractivity contribution in [2.75, 3.05) is 5.32 Å². The largest absolute Gasteiger partial charge is 0.351 e. The number of hydrogen-bond acceptors (Lipinski definition) is 3. The summed E-state index contributed by atoms with van der Waals surface area (Å²) in [7, 11) is 0. The molecular weight excluding hydrogens is 248 g/mol. The van der Waals surface area contributed by atoms with Gasteiger partial charge in [0.15, 0.2) is 0 Å². The van der Waals surface area contributed by atoms with Crippen LogP contribution in [-0.4, -0.2) is 16.0 Å². The van der Waals surface area contributed by atoms with Gasteiger partial charge in [-0.3, -0.25) is 0 Å². The van der Waals surface area contributed by atoms with Gasteiger partial charge in [0.25, 0.3) is 0 Å². The molecule has 1 saturated carbocycles. The van der Waals surface area contributed by atoms with Gasteiger partial charge in [0.05, 0.1) is 5.69 Å². The van der Waals surface area contributed by atoms with Crippen molar-refractivity contribution in [2.24, 2.45) is 0 Å². The van der Waals surface area contributed by atoms with E-state index >= 15 is 0 Å². The molecule has 0 unspecified atom stereocenters. The van der Waals surface area contributed by atoms with E-state index in [0.29, 0.717) is 17.7 Å². The van der Waals surface area contributed by atoms with Crippen molar-refractivity contribution in [3.05, 3.63) is 41.6 Å². The molecule has 0 radical (unpaired) electrons. The van der Waals surface area contributed by atoms with Crippen molar-refractivity contribution in [1.82, 2.24) is 9.97 Å². The van der Waals surface area contributed by atoms with Gasteiger partial charge >= 0.3 is 0 Å². The molecule has 1 aliphatic carbocycles. The lowest BCUT2D eigenvalue weighted by Crippen LogP contribution is -2.05. The number of benzene rings is 1. The zero-order valence-electron chi connectivity index (χ0n) is 10.5. The molecule has 1 aromatic heterocycles. The van der Waals surface area contributed by atoms with E-state index in [0.717, 1.165) is 12.8 Å². The first kappa shape index (κ1) is 12.0. The van der Waals surface area contributed by atoms with Crippen LogP contribution in [0, 0.1) is 18.6 Å². The minimum atomic E-state index is -0.477. The minimum absolute atomic E-state index is 0.157. The van der Waals surface area contributed by atoms with E-state index in [9.17, 15) is 8.78 Å². The van der Waals surface area contributed by atoms with Gasteiger partial charge in [-0.15, -0.1) is 0 Å². The van der Waals surface area contributed by atoms with Crippen LogP contribution in [0.25, 0.3) is 11.3 Å². The maximum absolute atomic E-state index is 13.9. The number of aryl methyl sites for hydroxylation is 1. The second kappa shape index (κ2) is 4.57. The molecule has 5 heteroatoms. The third-order valence-corrected chi connectivity index (χ3v) is 3.09. The van der Waals surface area contributed by atoms with E-state index in [1.165, 1.54) is 19.1 Å². The summed E-state index contributed by atoms with van der Waals surface area (Å²) in [6.07, 6.45) is 3.74. The topological polar surface area (TPSA) is 37.8 Å². The lowest BCUT2D eigenvalue weighted by Gasteiger charge is -2.07. The van der Waals surface area contributed by atoms with E-state index in [4.69, 9.17) is 0 Å². The van der Waals surface area contributed by atoms with Gasteiger partial charge in [0, 0.05) is 17.8 Å². The molecule has 3 rings (SSSR count). The zero-order valence-corrected chi connectivity index (χ0v) is 10.5. The predicted octanol–water partition coefficient (Wildman–Crippen LogP) is 3.30. The van der Waals surface area contributed by atoms with Gasteiger partial charge in [0.1, 0.15) is 11.6 Å². The Morgan fingerprint density at radius 1 is 1.21 bits per heavy atom. The molecule has 1 N–H and O–H groups in total. The third kappa shape index (κ3) is 2.54. The monoisotopic (exact) mass is 261 g/mol. The first-order valence-electron chi connectivity index (χ1n) is 6.19. The van der Waals surface area contributed by atoms with Crippen LogP contribution in [0.4, 0.5) is 14.7 Å². The number of nitrogens with zero attached hydrogens (tertiary/aromatic N) is 2. The highest BCUT2D eigenvalue weighted by Crippen LogP contribution is 2.26. The molecule has 1 fully saturated rings. The Kier molecular flexibility index (Phi) is 2.89. The van der Waals surface area contributed by atoms with Gasteiger partial charge in [-0.1, -0.05) is 0 Å². The summed E-state index contributed by atoms with van der Waals surface area (Å²) in [5.74, 6) is -0.456. The molecule has 1 heterocycles. The Hall–Kier alpha value is -2.04. The van der Waals surface area contributed by atoms with Crippen molar-refractivity contribution in [3.63, 3.8) is 0 Å². The average Bonchev–Trinajstić information content (AvgIpc) is 3.18. The SMILES string of the molecule is Cc1cc(F)c(-c2ccnc(NC3CC3)n2)cc1F. The lowest BCUT2D eigenvalue weighted by atomic mass is 10.1. The van der Waals surface area contributed by atoms with Crippen LogP contribution in [0.2, 0.25) is 0 Å². The number of nitrogens with one attached hydrogen (secondary N) is 1. The molecule has 0 saturated heterocycles. The molecule has 98 valence electrons. The molecule has 0 bridgehead atoms. The molecule has 0 spiro atoms. The summed E-state index contributed by atoms with van der Waals surface area (Å²) in [4.78, 5) is 8.30. The van der Waals surface area contributed by atoms with E-state index in [-0.39, 0.29) is 11.1 Å². The fraction of sp³-hybridized carbons (Fsp3) is 0.286. The van der Waals surface area contributed by atoms with Crippen LogP contribution in [0.3, 0.4) is 0 Å². The van der Waals surface area contributed by atoms with Gasteiger partial charge in [0.2, 0.25) is 5.95 Å². The normalized spacial score (nSPS) is 14.5. The second-order valence-corrected chi connectivity index (χ2v) is 4.77. The summed E-state index contributed by atoms with van der Waals surface area (Å²) < 4.78 is 27.4. The molecule has 0 atom stereocenters. The summed E-state index contributed by atoms with van der Waals surface area (Å²) in [5, 5.41) is 3.13. The zero-order chi connectivity index (χ0) is 13.4. The van der Waals surface area contributed by atoms with Crippen molar-refractivity contribution in [2.45, 2.75) is 25.8 Å². The fourth-order valence-corrected chi connectivity index (χ4v) is 1.83. The van der Waals surface area contributed by atoms with Crippen LogP contribution >= 0.6 is 0 Å². The van der Waals surface area contributed by atoms with Crippen LogP contribution in [0.15, 0.2) is 24.4 Å². The van der Waals surface area contributed by atoms with Gasteiger partial charge in [-0.05, 0) is 43.5 Å². The number of halogens is 2. The van der Waals surface area contributed by atoms with Gasteiger partial charge in [-0.2, -0.15) is 0 Å².